The van der Waals surface area contributed by atoms with Crippen LogP contribution in [0.25, 0.3) is 0 Å². The maximum absolute atomic E-state index is 11.3. The quantitative estimate of drug-likeness (QED) is 0.750. The number of anilines is 1. The van der Waals surface area contributed by atoms with E-state index in [2.05, 4.69) is 10.1 Å². The number of esters is 1. The summed E-state index contributed by atoms with van der Waals surface area (Å²) in [5, 5.41) is 4.25. The Morgan fingerprint density at radius 1 is 1.60 bits per heavy atom. The number of ether oxygens (including phenoxy) is 1. The number of carbonyl (C=O) groups is 2. The van der Waals surface area contributed by atoms with Gasteiger partial charge >= 0.3 is 5.97 Å². The predicted octanol–water partition coefficient (Wildman–Crippen LogP) is 0.820. The molecule has 6 heteroatoms. The van der Waals surface area contributed by atoms with Gasteiger partial charge in [-0.15, -0.1) is 11.3 Å². The van der Waals surface area contributed by atoms with Gasteiger partial charge < -0.3 is 15.8 Å². The number of nitrogens with two attached hydrogens (primary N) is 1. The Kier molecular flexibility index (Phi) is 3.81. The average molecular weight is 228 g/mol. The van der Waals surface area contributed by atoms with E-state index in [1.54, 1.807) is 18.4 Å². The molecule has 1 atom stereocenters. The molecule has 82 valence electrons. The van der Waals surface area contributed by atoms with Crippen molar-refractivity contribution in [1.82, 2.24) is 0 Å². The molecule has 0 aliphatic heterocycles. The SMILES string of the molecule is COC(=O)c1sccc1NC(=O)C(C)N. The van der Waals surface area contributed by atoms with E-state index in [0.29, 0.717) is 10.6 Å². The maximum atomic E-state index is 11.3. The first-order valence-electron chi connectivity index (χ1n) is 4.28. The third-order valence-corrected chi connectivity index (χ3v) is 2.60. The smallest absolute Gasteiger partial charge is 0.350 e. The summed E-state index contributed by atoms with van der Waals surface area (Å²) in [4.78, 5) is 22.9. The lowest BCUT2D eigenvalue weighted by atomic mass is 10.3. The highest BCUT2D eigenvalue weighted by atomic mass is 32.1. The second-order valence-electron chi connectivity index (χ2n) is 2.93. The van der Waals surface area contributed by atoms with Crippen LogP contribution in [-0.2, 0) is 9.53 Å². The third-order valence-electron chi connectivity index (χ3n) is 1.71. The topological polar surface area (TPSA) is 81.4 Å². The summed E-state index contributed by atoms with van der Waals surface area (Å²) in [6.45, 7) is 1.57. The van der Waals surface area contributed by atoms with Crippen LogP contribution in [0.15, 0.2) is 11.4 Å². The lowest BCUT2D eigenvalue weighted by Gasteiger charge is -2.07. The van der Waals surface area contributed by atoms with Gasteiger partial charge in [0.05, 0.1) is 18.8 Å². The Hall–Kier alpha value is -1.40. The first-order chi connectivity index (χ1) is 7.06. The number of methoxy groups -OCH3 is 1. The molecule has 1 aromatic rings. The number of amides is 1. The summed E-state index contributed by atoms with van der Waals surface area (Å²) in [7, 11) is 1.29. The number of hydrogen-bond acceptors (Lipinski definition) is 5. The summed E-state index contributed by atoms with van der Waals surface area (Å²) >= 11 is 1.21. The van der Waals surface area contributed by atoms with E-state index in [-0.39, 0.29) is 5.91 Å². The highest BCUT2D eigenvalue weighted by Gasteiger charge is 2.16. The Bertz CT molecular complexity index is 373. The van der Waals surface area contributed by atoms with Crippen LogP contribution >= 0.6 is 11.3 Å². The molecular formula is C9H12N2O3S. The number of thiophene rings is 1. The van der Waals surface area contributed by atoms with E-state index in [0.717, 1.165) is 0 Å². The molecule has 0 aliphatic rings. The van der Waals surface area contributed by atoms with Gasteiger partial charge in [-0.1, -0.05) is 0 Å². The van der Waals surface area contributed by atoms with Gasteiger partial charge in [0.2, 0.25) is 5.91 Å². The number of rotatable bonds is 3. The van der Waals surface area contributed by atoms with Crippen molar-refractivity contribution in [2.45, 2.75) is 13.0 Å². The molecule has 1 heterocycles. The van der Waals surface area contributed by atoms with Crippen LogP contribution in [0.1, 0.15) is 16.6 Å². The van der Waals surface area contributed by atoms with Crippen LogP contribution in [0, 0.1) is 0 Å². The number of nitrogens with one attached hydrogen (secondary N) is 1. The predicted molar refractivity (Wildman–Crippen MR) is 57.9 cm³/mol. The summed E-state index contributed by atoms with van der Waals surface area (Å²) in [6, 6.07) is 1.02. The van der Waals surface area contributed by atoms with E-state index in [1.165, 1.54) is 18.4 Å². The Morgan fingerprint density at radius 3 is 2.80 bits per heavy atom. The zero-order chi connectivity index (χ0) is 11.4. The van der Waals surface area contributed by atoms with Gasteiger partial charge in [0.1, 0.15) is 4.88 Å². The standard InChI is InChI=1S/C9H12N2O3S/c1-5(10)8(12)11-6-3-4-15-7(6)9(13)14-2/h3-5H,10H2,1-2H3,(H,11,12). The van der Waals surface area contributed by atoms with Gasteiger partial charge in [-0.05, 0) is 18.4 Å². The monoisotopic (exact) mass is 228 g/mol. The molecule has 3 N–H and O–H groups in total. The van der Waals surface area contributed by atoms with Crippen molar-refractivity contribution in [2.24, 2.45) is 5.73 Å². The zero-order valence-corrected chi connectivity index (χ0v) is 9.26. The Balaban J connectivity index is 2.82. The average Bonchev–Trinajstić information content (AvgIpc) is 2.64. The molecule has 0 saturated carbocycles. The molecule has 5 nitrogen and oxygen atoms in total. The highest BCUT2D eigenvalue weighted by molar-refractivity contribution is 7.12. The molecular weight excluding hydrogens is 216 g/mol. The molecule has 1 unspecified atom stereocenters. The Morgan fingerprint density at radius 2 is 2.27 bits per heavy atom. The van der Waals surface area contributed by atoms with E-state index >= 15 is 0 Å². The molecule has 1 amide bonds. The van der Waals surface area contributed by atoms with Crippen LogP contribution in [0.3, 0.4) is 0 Å². The minimum Gasteiger partial charge on any atom is -0.465 e. The van der Waals surface area contributed by atoms with Crippen molar-refractivity contribution >= 4 is 28.9 Å². The van der Waals surface area contributed by atoms with Crippen molar-refractivity contribution in [1.29, 1.82) is 0 Å². The molecule has 1 aromatic heterocycles. The van der Waals surface area contributed by atoms with Crippen LogP contribution < -0.4 is 11.1 Å². The molecule has 0 aliphatic carbocycles. The highest BCUT2D eigenvalue weighted by Crippen LogP contribution is 2.22. The minimum atomic E-state index is -0.615. The van der Waals surface area contributed by atoms with Gasteiger partial charge in [-0.3, -0.25) is 4.79 Å². The lowest BCUT2D eigenvalue weighted by Crippen LogP contribution is -2.32. The van der Waals surface area contributed by atoms with Crippen LogP contribution in [-0.4, -0.2) is 25.0 Å². The fourth-order valence-electron chi connectivity index (χ4n) is 0.905. The minimum absolute atomic E-state index is 0.335. The van der Waals surface area contributed by atoms with E-state index < -0.39 is 12.0 Å². The van der Waals surface area contributed by atoms with Gasteiger partial charge in [0.15, 0.2) is 0 Å². The first-order valence-corrected chi connectivity index (χ1v) is 5.16. The summed E-state index contributed by atoms with van der Waals surface area (Å²) in [5.41, 5.74) is 5.83. The number of carbonyl (C=O) groups excluding carboxylic acids is 2. The van der Waals surface area contributed by atoms with Gasteiger partial charge in [-0.2, -0.15) is 0 Å². The summed E-state index contributed by atoms with van der Waals surface area (Å²) < 4.78 is 4.57. The van der Waals surface area contributed by atoms with Gasteiger partial charge in [-0.25, -0.2) is 4.79 Å². The summed E-state index contributed by atoms with van der Waals surface area (Å²) in [5.74, 6) is -0.802. The van der Waals surface area contributed by atoms with Crippen LogP contribution in [0.4, 0.5) is 5.69 Å². The fraction of sp³-hybridized carbons (Fsp3) is 0.333. The zero-order valence-electron chi connectivity index (χ0n) is 8.44. The molecule has 0 aromatic carbocycles. The second-order valence-corrected chi connectivity index (χ2v) is 3.85. The largest absolute Gasteiger partial charge is 0.465 e. The van der Waals surface area contributed by atoms with Crippen LogP contribution in [0.5, 0.6) is 0 Å². The van der Waals surface area contributed by atoms with E-state index in [1.807, 2.05) is 0 Å². The van der Waals surface area contributed by atoms with Crippen molar-refractivity contribution in [3.63, 3.8) is 0 Å². The lowest BCUT2D eigenvalue weighted by molar-refractivity contribution is -0.117. The summed E-state index contributed by atoms with van der Waals surface area (Å²) in [6.07, 6.45) is 0. The second kappa shape index (κ2) is 4.90. The van der Waals surface area contributed by atoms with E-state index in [9.17, 15) is 9.59 Å². The number of hydrogen-bond donors (Lipinski definition) is 2. The normalized spacial score (nSPS) is 11.9. The first kappa shape index (κ1) is 11.7. The van der Waals surface area contributed by atoms with Crippen molar-refractivity contribution < 1.29 is 14.3 Å². The Labute approximate surface area is 91.2 Å². The molecule has 0 saturated heterocycles. The van der Waals surface area contributed by atoms with Crippen molar-refractivity contribution in [2.75, 3.05) is 12.4 Å². The van der Waals surface area contributed by atoms with Gasteiger partial charge in [0.25, 0.3) is 0 Å². The maximum Gasteiger partial charge on any atom is 0.350 e. The molecule has 0 bridgehead atoms. The molecule has 15 heavy (non-hydrogen) atoms. The molecule has 0 spiro atoms. The molecule has 1 rings (SSSR count). The third kappa shape index (κ3) is 2.77. The van der Waals surface area contributed by atoms with Crippen molar-refractivity contribution in [3.8, 4) is 0 Å². The van der Waals surface area contributed by atoms with Gasteiger partial charge in [0, 0.05) is 0 Å². The molecule has 0 fully saturated rings. The molecule has 0 radical (unpaired) electrons. The van der Waals surface area contributed by atoms with E-state index in [4.69, 9.17) is 5.73 Å². The van der Waals surface area contributed by atoms with Crippen LogP contribution in [0.2, 0.25) is 0 Å². The van der Waals surface area contributed by atoms with Crippen molar-refractivity contribution in [3.05, 3.63) is 16.3 Å². The fourth-order valence-corrected chi connectivity index (χ4v) is 1.67.